The first-order valence-electron chi connectivity index (χ1n) is 9.97. The molecule has 2 aliphatic rings. The van der Waals surface area contributed by atoms with E-state index in [2.05, 4.69) is 22.3 Å². The summed E-state index contributed by atoms with van der Waals surface area (Å²) in [5.41, 5.74) is 0.940. The van der Waals surface area contributed by atoms with Crippen LogP contribution in [0.5, 0.6) is 0 Å². The number of nitrogens with one attached hydrogen (secondary N) is 1. The molecule has 1 aromatic carbocycles. The van der Waals surface area contributed by atoms with Crippen LogP contribution in [0.3, 0.4) is 0 Å². The maximum absolute atomic E-state index is 12.9. The van der Waals surface area contributed by atoms with E-state index in [0.29, 0.717) is 13.1 Å². The van der Waals surface area contributed by atoms with Crippen LogP contribution < -0.4 is 5.32 Å². The number of carbonyl (C=O) groups is 2. The monoisotopic (exact) mass is 372 g/mol. The van der Waals surface area contributed by atoms with Gasteiger partial charge in [-0.05, 0) is 39.2 Å². The second kappa shape index (κ2) is 8.30. The lowest BCUT2D eigenvalue weighted by Crippen LogP contribution is -2.50. The smallest absolute Gasteiger partial charge is 0.317 e. The van der Waals surface area contributed by atoms with Crippen LogP contribution in [-0.4, -0.2) is 70.9 Å². The Hall–Kier alpha value is -2.08. The highest BCUT2D eigenvalue weighted by Crippen LogP contribution is 2.21. The van der Waals surface area contributed by atoms with Crippen molar-refractivity contribution in [2.45, 2.75) is 51.7 Å². The minimum atomic E-state index is -0.234. The van der Waals surface area contributed by atoms with Crippen molar-refractivity contribution < 1.29 is 9.59 Å². The number of urea groups is 1. The van der Waals surface area contributed by atoms with Gasteiger partial charge in [0.15, 0.2) is 0 Å². The van der Waals surface area contributed by atoms with Gasteiger partial charge in [0.1, 0.15) is 0 Å². The molecule has 0 radical (unpaired) electrons. The molecule has 2 saturated heterocycles. The van der Waals surface area contributed by atoms with Crippen molar-refractivity contribution in [1.29, 1.82) is 0 Å². The van der Waals surface area contributed by atoms with Crippen LogP contribution in [0, 0.1) is 0 Å². The van der Waals surface area contributed by atoms with Gasteiger partial charge in [-0.15, -0.1) is 0 Å². The Morgan fingerprint density at radius 1 is 1.07 bits per heavy atom. The zero-order valence-electron chi connectivity index (χ0n) is 16.8. The molecule has 0 unspecified atom stereocenters. The van der Waals surface area contributed by atoms with Crippen LogP contribution in [0.25, 0.3) is 0 Å². The summed E-state index contributed by atoms with van der Waals surface area (Å²) in [5, 5.41) is 3.04. The van der Waals surface area contributed by atoms with Crippen LogP contribution in [0.15, 0.2) is 30.3 Å². The van der Waals surface area contributed by atoms with E-state index < -0.39 is 0 Å². The molecule has 0 aromatic heterocycles. The summed E-state index contributed by atoms with van der Waals surface area (Å²) in [7, 11) is 0. The van der Waals surface area contributed by atoms with Crippen molar-refractivity contribution in [3.8, 4) is 0 Å². The van der Waals surface area contributed by atoms with E-state index in [-0.39, 0.29) is 23.5 Å². The Bertz CT molecular complexity index is 656. The summed E-state index contributed by atoms with van der Waals surface area (Å²) in [6.45, 7) is 10.5. The van der Waals surface area contributed by atoms with E-state index >= 15 is 0 Å². The highest BCUT2D eigenvalue weighted by molar-refractivity contribution is 5.84. The molecule has 27 heavy (non-hydrogen) atoms. The van der Waals surface area contributed by atoms with E-state index in [9.17, 15) is 9.59 Å². The van der Waals surface area contributed by atoms with Crippen LogP contribution >= 0.6 is 0 Å². The Labute approximate surface area is 162 Å². The van der Waals surface area contributed by atoms with Crippen molar-refractivity contribution in [3.63, 3.8) is 0 Å². The summed E-state index contributed by atoms with van der Waals surface area (Å²) in [6.07, 6.45) is 1.78. The van der Waals surface area contributed by atoms with Crippen molar-refractivity contribution in [3.05, 3.63) is 35.9 Å². The Morgan fingerprint density at radius 3 is 2.52 bits per heavy atom. The molecule has 0 bridgehead atoms. The van der Waals surface area contributed by atoms with Crippen LogP contribution in [0.2, 0.25) is 0 Å². The van der Waals surface area contributed by atoms with E-state index in [1.165, 1.54) is 5.56 Å². The number of benzene rings is 1. The molecule has 0 spiro atoms. The number of hydrogen-bond acceptors (Lipinski definition) is 3. The number of amides is 3. The fourth-order valence-electron chi connectivity index (χ4n) is 3.87. The average molecular weight is 373 g/mol. The maximum atomic E-state index is 12.9. The quantitative estimate of drug-likeness (QED) is 0.886. The molecule has 3 rings (SSSR count). The van der Waals surface area contributed by atoms with Crippen molar-refractivity contribution in [2.24, 2.45) is 0 Å². The number of nitrogens with zero attached hydrogens (tertiary/aromatic N) is 3. The maximum Gasteiger partial charge on any atom is 0.317 e. The third kappa shape index (κ3) is 5.22. The Balaban J connectivity index is 1.55. The topological polar surface area (TPSA) is 55.9 Å². The summed E-state index contributed by atoms with van der Waals surface area (Å²) in [6, 6.07) is 10.1. The van der Waals surface area contributed by atoms with Gasteiger partial charge in [0.2, 0.25) is 5.91 Å². The predicted octanol–water partition coefficient (Wildman–Crippen LogP) is 2.30. The van der Waals surface area contributed by atoms with Crippen molar-refractivity contribution in [2.75, 3.05) is 32.7 Å². The lowest BCUT2D eigenvalue weighted by atomic mass is 10.1. The highest BCUT2D eigenvalue weighted by atomic mass is 16.2. The summed E-state index contributed by atoms with van der Waals surface area (Å²) < 4.78 is 0. The minimum absolute atomic E-state index is 0.00666. The second-order valence-electron chi connectivity index (χ2n) is 8.61. The molecule has 2 heterocycles. The third-order valence-corrected chi connectivity index (χ3v) is 5.23. The largest absolute Gasteiger partial charge is 0.337 e. The van der Waals surface area contributed by atoms with Gasteiger partial charge >= 0.3 is 6.03 Å². The van der Waals surface area contributed by atoms with Gasteiger partial charge in [0.25, 0.3) is 0 Å². The first-order valence-corrected chi connectivity index (χ1v) is 9.97. The molecule has 1 aromatic rings. The molecular weight excluding hydrogens is 340 g/mol. The zero-order chi connectivity index (χ0) is 19.4. The number of rotatable bonds is 3. The van der Waals surface area contributed by atoms with Crippen LogP contribution in [0.4, 0.5) is 4.79 Å². The fourth-order valence-corrected chi connectivity index (χ4v) is 3.87. The standard InChI is InChI=1S/C21H32N4O2/c1-21(2,3)22-20(27)24-12-7-11-23(14-15-24)18-10-13-25(19(18)26)16-17-8-5-4-6-9-17/h4-6,8-9,18H,7,10-16H2,1-3H3,(H,22,27)/t18-/m0/s1. The van der Waals surface area contributed by atoms with Crippen LogP contribution in [0.1, 0.15) is 39.2 Å². The first-order chi connectivity index (χ1) is 12.8. The fraction of sp³-hybridized carbons (Fsp3) is 0.619. The molecule has 2 aliphatic heterocycles. The first kappa shape index (κ1) is 19.7. The molecule has 1 atom stereocenters. The number of likely N-dealkylation sites (tertiary alicyclic amines) is 1. The van der Waals surface area contributed by atoms with Gasteiger partial charge in [0, 0.05) is 44.8 Å². The molecule has 6 nitrogen and oxygen atoms in total. The number of hydrogen-bond donors (Lipinski definition) is 1. The van der Waals surface area contributed by atoms with Gasteiger partial charge in [0.05, 0.1) is 6.04 Å². The number of carbonyl (C=O) groups excluding carboxylic acids is 2. The highest BCUT2D eigenvalue weighted by Gasteiger charge is 2.36. The second-order valence-corrected chi connectivity index (χ2v) is 8.61. The molecule has 0 aliphatic carbocycles. The molecular formula is C21H32N4O2. The minimum Gasteiger partial charge on any atom is -0.337 e. The molecule has 148 valence electrons. The Morgan fingerprint density at radius 2 is 1.81 bits per heavy atom. The van der Waals surface area contributed by atoms with Crippen molar-refractivity contribution in [1.82, 2.24) is 20.0 Å². The molecule has 0 saturated carbocycles. The van der Waals surface area contributed by atoms with E-state index in [4.69, 9.17) is 0 Å². The van der Waals surface area contributed by atoms with Gasteiger partial charge < -0.3 is 15.1 Å². The average Bonchev–Trinajstić information content (AvgIpc) is 2.83. The van der Waals surface area contributed by atoms with Gasteiger partial charge in [-0.3, -0.25) is 9.69 Å². The molecule has 3 amide bonds. The van der Waals surface area contributed by atoms with Gasteiger partial charge in [-0.2, -0.15) is 0 Å². The van der Waals surface area contributed by atoms with E-state index in [0.717, 1.165) is 39.0 Å². The summed E-state index contributed by atoms with van der Waals surface area (Å²) in [5.74, 6) is 0.228. The third-order valence-electron chi connectivity index (χ3n) is 5.23. The summed E-state index contributed by atoms with van der Waals surface area (Å²) in [4.78, 5) is 31.5. The van der Waals surface area contributed by atoms with Crippen molar-refractivity contribution >= 4 is 11.9 Å². The summed E-state index contributed by atoms with van der Waals surface area (Å²) >= 11 is 0. The normalized spacial score (nSPS) is 22.0. The lowest BCUT2D eigenvalue weighted by molar-refractivity contribution is -0.132. The lowest BCUT2D eigenvalue weighted by Gasteiger charge is -2.28. The molecule has 6 heteroatoms. The predicted molar refractivity (Wildman–Crippen MR) is 106 cm³/mol. The molecule has 1 N–H and O–H groups in total. The van der Waals surface area contributed by atoms with Gasteiger partial charge in [-0.25, -0.2) is 4.79 Å². The molecule has 2 fully saturated rings. The zero-order valence-corrected chi connectivity index (χ0v) is 16.8. The van der Waals surface area contributed by atoms with Crippen LogP contribution in [-0.2, 0) is 11.3 Å². The van der Waals surface area contributed by atoms with Gasteiger partial charge in [-0.1, -0.05) is 30.3 Å². The Kier molecular flexibility index (Phi) is 6.05. The van der Waals surface area contributed by atoms with E-state index in [1.807, 2.05) is 48.8 Å². The van der Waals surface area contributed by atoms with E-state index in [1.54, 1.807) is 0 Å². The SMILES string of the molecule is CC(C)(C)NC(=O)N1CCCN([C@H]2CCN(Cc3ccccc3)C2=O)CC1.